The van der Waals surface area contributed by atoms with Crippen molar-refractivity contribution >= 4 is 23.5 Å². The molecule has 0 unspecified atom stereocenters. The van der Waals surface area contributed by atoms with Gasteiger partial charge in [-0.3, -0.25) is 0 Å². The van der Waals surface area contributed by atoms with Gasteiger partial charge in [-0.2, -0.15) is 0 Å². The van der Waals surface area contributed by atoms with Gasteiger partial charge in [0.25, 0.3) is 0 Å². The van der Waals surface area contributed by atoms with Gasteiger partial charge < -0.3 is 15.4 Å². The quantitative estimate of drug-likeness (QED) is 0.829. The van der Waals surface area contributed by atoms with E-state index in [1.165, 1.54) is 10.6 Å². The zero-order valence-corrected chi connectivity index (χ0v) is 13.9. The van der Waals surface area contributed by atoms with Crippen molar-refractivity contribution in [2.24, 2.45) is 0 Å². The Kier molecular flexibility index (Phi) is 5.04. The summed E-state index contributed by atoms with van der Waals surface area (Å²) in [5, 5.41) is 6.45. The summed E-state index contributed by atoms with van der Waals surface area (Å²) < 4.78 is 5.26. The number of benzene rings is 1. The predicted octanol–water partition coefficient (Wildman–Crippen LogP) is 3.88. The normalized spacial score (nSPS) is 21.3. The lowest BCUT2D eigenvalue weighted by molar-refractivity contribution is 0.0475. The van der Waals surface area contributed by atoms with Gasteiger partial charge >= 0.3 is 6.09 Å². The van der Waals surface area contributed by atoms with Crippen LogP contribution < -0.4 is 10.6 Å². The molecule has 116 valence electrons. The molecule has 0 bridgehead atoms. The molecule has 2 N–H and O–H groups in total. The van der Waals surface area contributed by atoms with Crippen molar-refractivity contribution in [1.82, 2.24) is 5.32 Å². The average Bonchev–Trinajstić information content (AvgIpc) is 2.34. The summed E-state index contributed by atoms with van der Waals surface area (Å²) in [6.45, 7) is 5.62. The van der Waals surface area contributed by atoms with Crippen LogP contribution in [0.4, 0.5) is 10.5 Å². The summed E-state index contributed by atoms with van der Waals surface area (Å²) in [5.74, 6) is 0. The van der Waals surface area contributed by atoms with Crippen molar-refractivity contribution < 1.29 is 9.53 Å². The van der Waals surface area contributed by atoms with Crippen LogP contribution in [0.1, 0.15) is 33.6 Å². The number of carbonyl (C=O) groups is 1. The highest BCUT2D eigenvalue weighted by molar-refractivity contribution is 7.98. The summed E-state index contributed by atoms with van der Waals surface area (Å²) in [4.78, 5) is 12.9. The lowest BCUT2D eigenvalue weighted by Crippen LogP contribution is -2.50. The Morgan fingerprint density at radius 2 is 1.90 bits per heavy atom. The van der Waals surface area contributed by atoms with E-state index in [4.69, 9.17) is 4.74 Å². The minimum atomic E-state index is -0.442. The molecule has 21 heavy (non-hydrogen) atoms. The second-order valence-corrected chi connectivity index (χ2v) is 7.20. The minimum Gasteiger partial charge on any atom is -0.444 e. The molecule has 1 aromatic rings. The minimum absolute atomic E-state index is 0.207. The molecule has 1 aromatic carbocycles. The van der Waals surface area contributed by atoms with Crippen LogP contribution in [0.25, 0.3) is 0 Å². The van der Waals surface area contributed by atoms with Crippen molar-refractivity contribution in [3.63, 3.8) is 0 Å². The summed E-state index contributed by atoms with van der Waals surface area (Å²) in [5.41, 5.74) is 0.730. The Balaban J connectivity index is 1.76. The van der Waals surface area contributed by atoms with Gasteiger partial charge in [-0.25, -0.2) is 4.79 Å². The number of hydrogen-bond acceptors (Lipinski definition) is 4. The average molecular weight is 308 g/mol. The molecule has 1 aliphatic carbocycles. The fourth-order valence-corrected chi connectivity index (χ4v) is 2.87. The molecule has 0 radical (unpaired) electrons. The van der Waals surface area contributed by atoms with Crippen molar-refractivity contribution in [2.75, 3.05) is 11.6 Å². The van der Waals surface area contributed by atoms with Gasteiger partial charge in [-0.1, -0.05) is 12.1 Å². The van der Waals surface area contributed by atoms with Crippen LogP contribution in [-0.2, 0) is 4.74 Å². The molecule has 1 fully saturated rings. The SMILES string of the molecule is CSc1ccccc1NC1CC(NC(=O)OC(C)(C)C)C1. The van der Waals surface area contributed by atoms with Crippen LogP contribution >= 0.6 is 11.8 Å². The number of amides is 1. The molecule has 2 rings (SSSR count). The first-order chi connectivity index (χ1) is 9.87. The number of carbonyl (C=O) groups excluding carboxylic acids is 1. The van der Waals surface area contributed by atoms with Crippen molar-refractivity contribution in [3.05, 3.63) is 24.3 Å². The fourth-order valence-electron chi connectivity index (χ4n) is 2.31. The van der Waals surface area contributed by atoms with Crippen molar-refractivity contribution in [1.29, 1.82) is 0 Å². The smallest absolute Gasteiger partial charge is 0.407 e. The lowest BCUT2D eigenvalue weighted by Gasteiger charge is -2.37. The van der Waals surface area contributed by atoms with Gasteiger partial charge in [0.2, 0.25) is 0 Å². The number of alkyl carbamates (subject to hydrolysis) is 1. The van der Waals surface area contributed by atoms with Crippen LogP contribution in [0.5, 0.6) is 0 Å². The van der Waals surface area contributed by atoms with E-state index >= 15 is 0 Å². The fraction of sp³-hybridized carbons (Fsp3) is 0.562. The first-order valence-electron chi connectivity index (χ1n) is 7.26. The summed E-state index contributed by atoms with van der Waals surface area (Å²) in [6.07, 6.45) is 3.62. The number of thioether (sulfide) groups is 1. The van der Waals surface area contributed by atoms with Gasteiger partial charge in [-0.15, -0.1) is 11.8 Å². The van der Waals surface area contributed by atoms with E-state index in [9.17, 15) is 4.79 Å². The Labute approximate surface area is 131 Å². The maximum Gasteiger partial charge on any atom is 0.407 e. The molecule has 0 saturated heterocycles. The number of anilines is 1. The zero-order chi connectivity index (χ0) is 15.5. The molecule has 4 nitrogen and oxygen atoms in total. The largest absolute Gasteiger partial charge is 0.444 e. The topological polar surface area (TPSA) is 50.4 Å². The third-order valence-electron chi connectivity index (χ3n) is 3.33. The summed E-state index contributed by atoms with van der Waals surface area (Å²) >= 11 is 1.74. The van der Waals surface area contributed by atoms with Crippen molar-refractivity contribution in [2.45, 2.75) is 56.2 Å². The van der Waals surface area contributed by atoms with E-state index in [0.29, 0.717) is 6.04 Å². The van der Waals surface area contributed by atoms with E-state index in [1.807, 2.05) is 32.9 Å². The number of rotatable bonds is 4. The van der Waals surface area contributed by atoms with Crippen LogP contribution in [0.2, 0.25) is 0 Å². The second kappa shape index (κ2) is 6.60. The number of para-hydroxylation sites is 1. The maximum absolute atomic E-state index is 11.7. The summed E-state index contributed by atoms with van der Waals surface area (Å²) in [6, 6.07) is 8.92. The lowest BCUT2D eigenvalue weighted by atomic mass is 9.86. The first-order valence-corrected chi connectivity index (χ1v) is 8.49. The number of nitrogens with one attached hydrogen (secondary N) is 2. The molecule has 1 saturated carbocycles. The molecule has 0 spiro atoms. The van der Waals surface area contributed by atoms with Crippen LogP contribution in [0.3, 0.4) is 0 Å². The van der Waals surface area contributed by atoms with Crippen molar-refractivity contribution in [3.8, 4) is 0 Å². The highest BCUT2D eigenvalue weighted by Crippen LogP contribution is 2.30. The Morgan fingerprint density at radius 1 is 1.24 bits per heavy atom. The first kappa shape index (κ1) is 16.0. The molecule has 0 aliphatic heterocycles. The standard InChI is InChI=1S/C16H24N2O2S/c1-16(2,3)20-15(19)18-12-9-11(10-12)17-13-7-5-6-8-14(13)21-4/h5-8,11-12,17H,9-10H2,1-4H3,(H,18,19). The molecule has 0 atom stereocenters. The maximum atomic E-state index is 11.7. The molecular formula is C16H24N2O2S. The van der Waals surface area contributed by atoms with E-state index in [-0.39, 0.29) is 12.1 Å². The van der Waals surface area contributed by atoms with E-state index in [1.54, 1.807) is 11.8 Å². The monoisotopic (exact) mass is 308 g/mol. The van der Waals surface area contributed by atoms with E-state index in [2.05, 4.69) is 29.0 Å². The predicted molar refractivity (Wildman–Crippen MR) is 88.0 cm³/mol. The molecule has 5 heteroatoms. The van der Waals surface area contributed by atoms with Gasteiger partial charge in [0.1, 0.15) is 5.60 Å². The van der Waals surface area contributed by atoms with Crippen LogP contribution in [0.15, 0.2) is 29.2 Å². The highest BCUT2D eigenvalue weighted by atomic mass is 32.2. The molecule has 1 amide bonds. The Bertz CT molecular complexity index is 493. The number of hydrogen-bond donors (Lipinski definition) is 2. The summed E-state index contributed by atoms with van der Waals surface area (Å²) in [7, 11) is 0. The second-order valence-electron chi connectivity index (χ2n) is 6.36. The van der Waals surface area contributed by atoms with Crippen LogP contribution in [0, 0.1) is 0 Å². The van der Waals surface area contributed by atoms with Gasteiger partial charge in [0.05, 0.1) is 0 Å². The van der Waals surface area contributed by atoms with Gasteiger partial charge in [-0.05, 0) is 52.0 Å². The zero-order valence-electron chi connectivity index (χ0n) is 13.1. The molecule has 0 heterocycles. The van der Waals surface area contributed by atoms with E-state index < -0.39 is 5.60 Å². The molecule has 1 aliphatic rings. The number of ether oxygens (including phenoxy) is 1. The highest BCUT2D eigenvalue weighted by Gasteiger charge is 2.31. The molecule has 0 aromatic heterocycles. The Hall–Kier alpha value is -1.36. The van der Waals surface area contributed by atoms with Crippen LogP contribution in [-0.4, -0.2) is 30.0 Å². The molecular weight excluding hydrogens is 284 g/mol. The van der Waals surface area contributed by atoms with Gasteiger partial charge in [0, 0.05) is 22.7 Å². The van der Waals surface area contributed by atoms with Gasteiger partial charge in [0.15, 0.2) is 0 Å². The third kappa shape index (κ3) is 4.84. The third-order valence-corrected chi connectivity index (χ3v) is 4.12. The van der Waals surface area contributed by atoms with E-state index in [0.717, 1.165) is 12.8 Å². The Morgan fingerprint density at radius 3 is 2.52 bits per heavy atom.